The largest absolute Gasteiger partial charge is 0.308 e. The van der Waals surface area contributed by atoms with E-state index in [1.165, 1.54) is 28.9 Å². The molecule has 186 valence electrons. The van der Waals surface area contributed by atoms with E-state index in [1.54, 1.807) is 42.7 Å². The van der Waals surface area contributed by atoms with Crippen molar-refractivity contribution in [1.29, 1.82) is 0 Å². The van der Waals surface area contributed by atoms with Crippen molar-refractivity contribution in [2.24, 2.45) is 4.40 Å². The molecule has 2 aromatic carbocycles. The Bertz CT molecular complexity index is 1610. The highest BCUT2D eigenvalue weighted by atomic mass is 35.5. The zero-order chi connectivity index (χ0) is 25.8. The van der Waals surface area contributed by atoms with Gasteiger partial charge in [-0.15, -0.1) is 4.40 Å². The van der Waals surface area contributed by atoms with Gasteiger partial charge in [-0.2, -0.15) is 13.5 Å². The van der Waals surface area contributed by atoms with E-state index in [2.05, 4.69) is 26.9 Å². The van der Waals surface area contributed by atoms with Crippen molar-refractivity contribution in [3.63, 3.8) is 0 Å². The number of benzene rings is 2. The SMILES string of the molecule is O=S(=O)(N=C(Nc1ccccn1)n1cc(C2=CCCC=C2)c(-c2ccc(Cl)cc2)n1)c1ccc(Cl)cc1. The minimum absolute atomic E-state index is 0.000414. The summed E-state index contributed by atoms with van der Waals surface area (Å²) in [5, 5.41) is 8.81. The summed E-state index contributed by atoms with van der Waals surface area (Å²) in [6.45, 7) is 0. The van der Waals surface area contributed by atoms with Crippen LogP contribution >= 0.6 is 23.2 Å². The fraction of sp³-hybridized carbons (Fsp3) is 0.0741. The van der Waals surface area contributed by atoms with Crippen LogP contribution in [-0.4, -0.2) is 29.1 Å². The summed E-state index contributed by atoms with van der Waals surface area (Å²) >= 11 is 12.1. The molecule has 1 aliphatic carbocycles. The van der Waals surface area contributed by atoms with Gasteiger partial charge in [-0.3, -0.25) is 0 Å². The highest BCUT2D eigenvalue weighted by Gasteiger charge is 2.21. The Balaban J connectivity index is 1.66. The molecule has 10 heteroatoms. The molecule has 7 nitrogen and oxygen atoms in total. The van der Waals surface area contributed by atoms with Crippen molar-refractivity contribution in [1.82, 2.24) is 14.8 Å². The second-order valence-corrected chi connectivity index (χ2v) is 10.6. The minimum Gasteiger partial charge on any atom is -0.308 e. The van der Waals surface area contributed by atoms with Crippen LogP contribution in [0.25, 0.3) is 16.8 Å². The standard InChI is InChI=1S/C27H21Cl2N5O2S/c28-21-11-9-20(10-12-21)26-24(19-6-2-1-3-7-19)18-34(32-26)27(31-25-8-4-5-17-30-25)33-37(35,36)23-15-13-22(29)14-16-23/h2,4-18H,1,3H2,(H,30,31,33). The lowest BCUT2D eigenvalue weighted by Crippen LogP contribution is -2.24. The molecule has 0 fully saturated rings. The fourth-order valence-electron chi connectivity index (χ4n) is 3.77. The molecule has 0 spiro atoms. The van der Waals surface area contributed by atoms with Crippen LogP contribution in [0.4, 0.5) is 5.82 Å². The molecule has 5 rings (SSSR count). The lowest BCUT2D eigenvalue weighted by atomic mass is 9.97. The molecule has 0 bridgehead atoms. The summed E-state index contributed by atoms with van der Waals surface area (Å²) in [6.07, 6.45) is 11.5. The van der Waals surface area contributed by atoms with Crippen LogP contribution in [0.15, 0.2) is 107 Å². The number of nitrogens with zero attached hydrogens (tertiary/aromatic N) is 4. The van der Waals surface area contributed by atoms with Gasteiger partial charge in [0, 0.05) is 33.6 Å². The van der Waals surface area contributed by atoms with Crippen molar-refractivity contribution in [3.8, 4) is 11.3 Å². The lowest BCUT2D eigenvalue weighted by Gasteiger charge is -2.09. The van der Waals surface area contributed by atoms with Gasteiger partial charge in [0.1, 0.15) is 11.5 Å². The summed E-state index contributed by atoms with van der Waals surface area (Å²) in [6, 6.07) is 18.4. The molecule has 0 aliphatic heterocycles. The summed E-state index contributed by atoms with van der Waals surface area (Å²) in [5.41, 5.74) is 3.31. The maximum atomic E-state index is 13.2. The third kappa shape index (κ3) is 5.83. The number of aromatic nitrogens is 3. The molecule has 0 unspecified atom stereocenters. The first-order valence-electron chi connectivity index (χ1n) is 11.4. The first-order chi connectivity index (χ1) is 17.9. The second-order valence-electron chi connectivity index (χ2n) is 8.17. The molecule has 4 aromatic rings. The van der Waals surface area contributed by atoms with Gasteiger partial charge in [-0.25, -0.2) is 9.67 Å². The van der Waals surface area contributed by atoms with E-state index in [-0.39, 0.29) is 10.9 Å². The Morgan fingerprint density at radius 3 is 2.32 bits per heavy atom. The molecule has 2 heterocycles. The molecule has 0 saturated carbocycles. The van der Waals surface area contributed by atoms with Crippen LogP contribution in [0.1, 0.15) is 18.4 Å². The topological polar surface area (TPSA) is 89.2 Å². The number of halogens is 2. The first-order valence-corrected chi connectivity index (χ1v) is 13.6. The Morgan fingerprint density at radius 2 is 1.68 bits per heavy atom. The molecule has 0 atom stereocenters. The Kier molecular flexibility index (Phi) is 7.23. The fourth-order valence-corrected chi connectivity index (χ4v) is 4.97. The van der Waals surface area contributed by atoms with E-state index in [4.69, 9.17) is 28.3 Å². The quantitative estimate of drug-likeness (QED) is 0.221. The zero-order valence-electron chi connectivity index (χ0n) is 19.4. The van der Waals surface area contributed by atoms with E-state index < -0.39 is 10.0 Å². The average molecular weight is 550 g/mol. The summed E-state index contributed by atoms with van der Waals surface area (Å²) in [4.78, 5) is 4.26. The normalized spacial score (nSPS) is 13.9. The summed E-state index contributed by atoms with van der Waals surface area (Å²) in [5.74, 6) is 0.380. The van der Waals surface area contributed by atoms with Crippen LogP contribution in [0.5, 0.6) is 0 Å². The number of pyridine rings is 1. The second kappa shape index (κ2) is 10.7. The summed E-state index contributed by atoms with van der Waals surface area (Å²) < 4.78 is 32.0. The van der Waals surface area contributed by atoms with Crippen molar-refractivity contribution >= 4 is 50.6 Å². The van der Waals surface area contributed by atoms with Crippen molar-refractivity contribution in [2.45, 2.75) is 17.7 Å². The van der Waals surface area contributed by atoms with Gasteiger partial charge in [0.15, 0.2) is 0 Å². The van der Waals surface area contributed by atoms with Gasteiger partial charge in [-0.05, 0) is 66.9 Å². The van der Waals surface area contributed by atoms with E-state index in [0.29, 0.717) is 21.6 Å². The highest BCUT2D eigenvalue weighted by molar-refractivity contribution is 7.90. The van der Waals surface area contributed by atoms with Crippen LogP contribution in [0.2, 0.25) is 10.0 Å². The maximum absolute atomic E-state index is 13.2. The van der Waals surface area contributed by atoms with Gasteiger partial charge >= 0.3 is 0 Å². The molecular weight excluding hydrogens is 529 g/mol. The van der Waals surface area contributed by atoms with Gasteiger partial charge in [0.05, 0.1) is 4.90 Å². The molecule has 1 aliphatic rings. The molecule has 37 heavy (non-hydrogen) atoms. The van der Waals surface area contributed by atoms with E-state index in [1.807, 2.05) is 18.2 Å². The number of sulfonamides is 1. The van der Waals surface area contributed by atoms with Gasteiger partial charge in [0.2, 0.25) is 5.96 Å². The molecule has 2 aromatic heterocycles. The van der Waals surface area contributed by atoms with Gasteiger partial charge < -0.3 is 5.32 Å². The maximum Gasteiger partial charge on any atom is 0.285 e. The lowest BCUT2D eigenvalue weighted by molar-refractivity contribution is 0.597. The van der Waals surface area contributed by atoms with E-state index in [9.17, 15) is 8.42 Å². The number of hydrogen-bond acceptors (Lipinski definition) is 4. The van der Waals surface area contributed by atoms with Crippen LogP contribution in [-0.2, 0) is 10.0 Å². The molecule has 0 radical (unpaired) electrons. The number of hydrogen-bond donors (Lipinski definition) is 1. The Labute approximate surface area is 224 Å². The Hall–Kier alpha value is -3.72. The molecule has 0 saturated heterocycles. The smallest absolute Gasteiger partial charge is 0.285 e. The van der Waals surface area contributed by atoms with E-state index in [0.717, 1.165) is 29.5 Å². The molecule has 1 N–H and O–H groups in total. The molecule has 0 amide bonds. The molecular formula is C27H21Cl2N5O2S. The monoisotopic (exact) mass is 549 g/mol. The number of allylic oxidation sites excluding steroid dienone is 4. The van der Waals surface area contributed by atoms with Gasteiger partial charge in [-0.1, -0.05) is 59.6 Å². The average Bonchev–Trinajstić information content (AvgIpc) is 3.36. The summed E-state index contributed by atoms with van der Waals surface area (Å²) in [7, 11) is -4.11. The van der Waals surface area contributed by atoms with Crippen LogP contribution in [0, 0.1) is 0 Å². The number of nitrogens with one attached hydrogen (secondary N) is 1. The van der Waals surface area contributed by atoms with Crippen molar-refractivity contribution in [2.75, 3.05) is 5.32 Å². The number of anilines is 1. The highest BCUT2D eigenvalue weighted by Crippen LogP contribution is 2.31. The van der Waals surface area contributed by atoms with Crippen LogP contribution < -0.4 is 5.32 Å². The van der Waals surface area contributed by atoms with Gasteiger partial charge in [0.25, 0.3) is 10.0 Å². The zero-order valence-corrected chi connectivity index (χ0v) is 21.7. The number of rotatable bonds is 5. The van der Waals surface area contributed by atoms with Crippen molar-refractivity contribution < 1.29 is 8.42 Å². The minimum atomic E-state index is -4.11. The third-order valence-corrected chi connectivity index (χ3v) is 7.36. The predicted octanol–water partition coefficient (Wildman–Crippen LogP) is 6.69. The third-order valence-electron chi connectivity index (χ3n) is 5.58. The van der Waals surface area contributed by atoms with Crippen LogP contribution in [0.3, 0.4) is 0 Å². The first kappa shape index (κ1) is 25.0. The van der Waals surface area contributed by atoms with E-state index >= 15 is 0 Å². The predicted molar refractivity (Wildman–Crippen MR) is 148 cm³/mol. The Morgan fingerprint density at radius 1 is 0.946 bits per heavy atom. The van der Waals surface area contributed by atoms with Crippen molar-refractivity contribution in [3.05, 3.63) is 113 Å².